The second kappa shape index (κ2) is 3.49. The Balaban J connectivity index is 2.56. The first kappa shape index (κ1) is 10.4. The Bertz CT molecular complexity index is 419. The SMILES string of the molecule is O=C(O)C1(F)CCCc2cc(Cl)ccc21. The highest BCUT2D eigenvalue weighted by atomic mass is 35.5. The molecular weight excluding hydrogens is 219 g/mol. The second-order valence-electron chi connectivity index (χ2n) is 3.76. The summed E-state index contributed by atoms with van der Waals surface area (Å²) in [5.74, 6) is -1.41. The summed E-state index contributed by atoms with van der Waals surface area (Å²) in [5, 5.41) is 9.42. The summed E-state index contributed by atoms with van der Waals surface area (Å²) in [4.78, 5) is 10.9. The standard InChI is InChI=1S/C11H10ClFO2/c12-8-3-4-9-7(6-8)2-1-5-11(9,13)10(14)15/h3-4,6H,1-2,5H2,(H,14,15). The molecular formula is C11H10ClFO2. The Hall–Kier alpha value is -1.09. The third-order valence-electron chi connectivity index (χ3n) is 2.80. The Labute approximate surface area is 91.7 Å². The highest BCUT2D eigenvalue weighted by molar-refractivity contribution is 6.30. The zero-order chi connectivity index (χ0) is 11.1. The van der Waals surface area contributed by atoms with Gasteiger partial charge < -0.3 is 5.11 Å². The molecule has 0 aromatic heterocycles. The van der Waals surface area contributed by atoms with Crippen molar-refractivity contribution in [2.24, 2.45) is 0 Å². The molecule has 80 valence electrons. The van der Waals surface area contributed by atoms with Crippen molar-refractivity contribution in [2.45, 2.75) is 24.9 Å². The van der Waals surface area contributed by atoms with Gasteiger partial charge in [0, 0.05) is 10.6 Å². The minimum Gasteiger partial charge on any atom is -0.479 e. The van der Waals surface area contributed by atoms with E-state index in [4.69, 9.17) is 16.7 Å². The van der Waals surface area contributed by atoms with Gasteiger partial charge in [0.1, 0.15) is 0 Å². The number of aliphatic carboxylic acids is 1. The normalized spacial score (nSPS) is 24.7. The van der Waals surface area contributed by atoms with Crippen molar-refractivity contribution in [1.82, 2.24) is 0 Å². The van der Waals surface area contributed by atoms with Crippen LogP contribution in [0.3, 0.4) is 0 Å². The lowest BCUT2D eigenvalue weighted by Crippen LogP contribution is -2.34. The van der Waals surface area contributed by atoms with Gasteiger partial charge in [0.2, 0.25) is 5.67 Å². The van der Waals surface area contributed by atoms with Gasteiger partial charge in [-0.25, -0.2) is 9.18 Å². The zero-order valence-electron chi connectivity index (χ0n) is 7.96. The number of hydrogen-bond acceptors (Lipinski definition) is 1. The molecule has 0 fully saturated rings. The molecule has 0 radical (unpaired) electrons. The van der Waals surface area contributed by atoms with E-state index < -0.39 is 11.6 Å². The van der Waals surface area contributed by atoms with E-state index in [0.717, 1.165) is 0 Å². The minimum absolute atomic E-state index is 0.0387. The number of fused-ring (bicyclic) bond motifs is 1. The van der Waals surface area contributed by atoms with Crippen LogP contribution in [0.4, 0.5) is 4.39 Å². The largest absolute Gasteiger partial charge is 0.479 e. The van der Waals surface area contributed by atoms with Gasteiger partial charge in [-0.05, 0) is 37.0 Å². The summed E-state index contributed by atoms with van der Waals surface area (Å²) >= 11 is 5.78. The van der Waals surface area contributed by atoms with Crippen molar-refractivity contribution >= 4 is 17.6 Å². The Morgan fingerprint density at radius 1 is 1.53 bits per heavy atom. The van der Waals surface area contributed by atoms with E-state index in [9.17, 15) is 9.18 Å². The molecule has 2 nitrogen and oxygen atoms in total. The van der Waals surface area contributed by atoms with Crippen LogP contribution in [0, 0.1) is 0 Å². The number of rotatable bonds is 1. The van der Waals surface area contributed by atoms with Gasteiger partial charge in [0.25, 0.3) is 0 Å². The topological polar surface area (TPSA) is 37.3 Å². The first-order chi connectivity index (χ1) is 7.04. The van der Waals surface area contributed by atoms with Crippen molar-refractivity contribution in [1.29, 1.82) is 0 Å². The maximum Gasteiger partial charge on any atom is 0.346 e. The van der Waals surface area contributed by atoms with Crippen LogP contribution in [0.1, 0.15) is 24.0 Å². The molecule has 0 amide bonds. The number of carboxylic acids is 1. The van der Waals surface area contributed by atoms with E-state index in [1.165, 1.54) is 12.1 Å². The van der Waals surface area contributed by atoms with Crippen LogP contribution in [0.25, 0.3) is 0 Å². The summed E-state index contributed by atoms with van der Waals surface area (Å²) in [5.41, 5.74) is -1.28. The maximum absolute atomic E-state index is 14.2. The predicted molar refractivity (Wildman–Crippen MR) is 54.8 cm³/mol. The molecule has 1 N–H and O–H groups in total. The molecule has 0 aliphatic heterocycles. The minimum atomic E-state index is -2.24. The number of carbonyl (C=O) groups is 1. The quantitative estimate of drug-likeness (QED) is 0.803. The first-order valence-corrected chi connectivity index (χ1v) is 5.13. The van der Waals surface area contributed by atoms with E-state index in [-0.39, 0.29) is 12.0 Å². The number of halogens is 2. The van der Waals surface area contributed by atoms with Crippen LogP contribution < -0.4 is 0 Å². The molecule has 0 heterocycles. The lowest BCUT2D eigenvalue weighted by molar-refractivity contribution is -0.152. The van der Waals surface area contributed by atoms with Crippen molar-refractivity contribution in [3.8, 4) is 0 Å². The fraction of sp³-hybridized carbons (Fsp3) is 0.364. The van der Waals surface area contributed by atoms with E-state index in [1.807, 2.05) is 0 Å². The van der Waals surface area contributed by atoms with Crippen LogP contribution in [0.15, 0.2) is 18.2 Å². The molecule has 4 heteroatoms. The van der Waals surface area contributed by atoms with E-state index >= 15 is 0 Å². The predicted octanol–water partition coefficient (Wildman–Crippen LogP) is 2.93. The summed E-state index contributed by atoms with van der Waals surface area (Å²) in [6, 6.07) is 4.65. The molecule has 1 aromatic rings. The molecule has 2 rings (SSSR count). The third kappa shape index (κ3) is 1.61. The van der Waals surface area contributed by atoms with Gasteiger partial charge in [-0.15, -0.1) is 0 Å². The van der Waals surface area contributed by atoms with Crippen LogP contribution in [0.2, 0.25) is 5.02 Å². The van der Waals surface area contributed by atoms with Crippen molar-refractivity contribution in [3.63, 3.8) is 0 Å². The van der Waals surface area contributed by atoms with Gasteiger partial charge in [-0.3, -0.25) is 0 Å². The van der Waals surface area contributed by atoms with E-state index in [1.54, 1.807) is 6.07 Å². The van der Waals surface area contributed by atoms with E-state index in [0.29, 0.717) is 23.4 Å². The molecule has 0 saturated heterocycles. The maximum atomic E-state index is 14.2. The Morgan fingerprint density at radius 3 is 2.93 bits per heavy atom. The highest BCUT2D eigenvalue weighted by Gasteiger charge is 2.43. The van der Waals surface area contributed by atoms with Crippen LogP contribution in [0.5, 0.6) is 0 Å². The fourth-order valence-corrected chi connectivity index (χ4v) is 2.23. The monoisotopic (exact) mass is 228 g/mol. The Morgan fingerprint density at radius 2 is 2.27 bits per heavy atom. The highest BCUT2D eigenvalue weighted by Crippen LogP contribution is 2.39. The molecule has 15 heavy (non-hydrogen) atoms. The van der Waals surface area contributed by atoms with Gasteiger partial charge >= 0.3 is 5.97 Å². The fourth-order valence-electron chi connectivity index (χ4n) is 2.03. The second-order valence-corrected chi connectivity index (χ2v) is 4.20. The number of aryl methyl sites for hydroxylation is 1. The van der Waals surface area contributed by atoms with Gasteiger partial charge in [0.05, 0.1) is 0 Å². The van der Waals surface area contributed by atoms with Crippen molar-refractivity contribution < 1.29 is 14.3 Å². The Kier molecular flexibility index (Phi) is 2.43. The molecule has 0 spiro atoms. The molecule has 1 aliphatic carbocycles. The average molecular weight is 229 g/mol. The third-order valence-corrected chi connectivity index (χ3v) is 3.04. The molecule has 1 unspecified atom stereocenters. The summed E-state index contributed by atoms with van der Waals surface area (Å²) in [6.45, 7) is 0. The molecule has 0 saturated carbocycles. The summed E-state index contributed by atoms with van der Waals surface area (Å²) in [6.07, 6.45) is 1.27. The molecule has 1 aromatic carbocycles. The van der Waals surface area contributed by atoms with Crippen LogP contribution in [-0.4, -0.2) is 11.1 Å². The first-order valence-electron chi connectivity index (χ1n) is 4.75. The summed E-state index contributed by atoms with van der Waals surface area (Å²) < 4.78 is 14.2. The van der Waals surface area contributed by atoms with Gasteiger partial charge in [0.15, 0.2) is 0 Å². The van der Waals surface area contributed by atoms with Crippen molar-refractivity contribution in [3.05, 3.63) is 34.3 Å². The van der Waals surface area contributed by atoms with Crippen molar-refractivity contribution in [2.75, 3.05) is 0 Å². The molecule has 1 aliphatic rings. The van der Waals surface area contributed by atoms with Gasteiger partial charge in [-0.2, -0.15) is 0 Å². The lowest BCUT2D eigenvalue weighted by Gasteiger charge is -2.28. The number of hydrogen-bond donors (Lipinski definition) is 1. The lowest BCUT2D eigenvalue weighted by atomic mass is 9.80. The number of carboxylic acid groups (broad SMARTS) is 1. The van der Waals surface area contributed by atoms with Crippen LogP contribution in [-0.2, 0) is 16.9 Å². The van der Waals surface area contributed by atoms with Crippen LogP contribution >= 0.6 is 11.6 Å². The zero-order valence-corrected chi connectivity index (χ0v) is 8.72. The summed E-state index contributed by atoms with van der Waals surface area (Å²) in [7, 11) is 0. The molecule has 1 atom stereocenters. The van der Waals surface area contributed by atoms with E-state index in [2.05, 4.69) is 0 Å². The number of benzene rings is 1. The number of alkyl halides is 1. The average Bonchev–Trinajstić information content (AvgIpc) is 2.17. The van der Waals surface area contributed by atoms with Gasteiger partial charge in [-0.1, -0.05) is 17.7 Å². The molecule has 0 bridgehead atoms. The smallest absolute Gasteiger partial charge is 0.346 e.